The Kier molecular flexibility index (Phi) is 4.16. The van der Waals surface area contributed by atoms with Gasteiger partial charge in [-0.05, 0) is 13.8 Å². The highest BCUT2D eigenvalue weighted by atomic mass is 32.2. The standard InChI is InChI=1S/C9H15N3O2S/c1-6-7(2)11-9(12-8(6)10)15(13)5-4-14-3/h4-5H2,1-3H3,(H2,10,11,12). The van der Waals surface area contributed by atoms with E-state index in [1.54, 1.807) is 7.11 Å². The zero-order valence-corrected chi connectivity index (χ0v) is 9.93. The number of anilines is 1. The Labute approximate surface area is 91.5 Å². The third kappa shape index (κ3) is 2.97. The summed E-state index contributed by atoms with van der Waals surface area (Å²) in [5.41, 5.74) is 7.27. The Balaban J connectivity index is 2.91. The van der Waals surface area contributed by atoms with Crippen LogP contribution in [0, 0.1) is 13.8 Å². The van der Waals surface area contributed by atoms with Crippen LogP contribution in [-0.2, 0) is 15.5 Å². The molecule has 6 heteroatoms. The Hall–Kier alpha value is -1.01. The molecule has 1 rings (SSSR count). The van der Waals surface area contributed by atoms with Crippen LogP contribution in [0.25, 0.3) is 0 Å². The van der Waals surface area contributed by atoms with E-state index in [4.69, 9.17) is 10.5 Å². The molecule has 0 bridgehead atoms. The second-order valence-electron chi connectivity index (χ2n) is 3.14. The Bertz CT molecular complexity index is 359. The van der Waals surface area contributed by atoms with Gasteiger partial charge in [0.15, 0.2) is 0 Å². The Morgan fingerprint density at radius 2 is 2.07 bits per heavy atom. The molecule has 0 spiro atoms. The highest BCUT2D eigenvalue weighted by Crippen LogP contribution is 2.12. The van der Waals surface area contributed by atoms with Crippen molar-refractivity contribution in [2.75, 3.05) is 25.2 Å². The summed E-state index contributed by atoms with van der Waals surface area (Å²) in [5.74, 6) is 0.779. The number of methoxy groups -OCH3 is 1. The van der Waals surface area contributed by atoms with Crippen molar-refractivity contribution < 1.29 is 8.95 Å². The summed E-state index contributed by atoms with van der Waals surface area (Å²) in [6.45, 7) is 4.08. The van der Waals surface area contributed by atoms with Crippen molar-refractivity contribution in [3.63, 3.8) is 0 Å². The third-order valence-corrected chi connectivity index (χ3v) is 3.21. The first kappa shape index (κ1) is 12.1. The minimum absolute atomic E-state index is 0.285. The number of hydrogen-bond donors (Lipinski definition) is 1. The molecule has 1 atom stereocenters. The molecule has 0 aliphatic heterocycles. The average Bonchev–Trinajstić information content (AvgIpc) is 2.21. The zero-order chi connectivity index (χ0) is 11.4. The smallest absolute Gasteiger partial charge is 0.220 e. The van der Waals surface area contributed by atoms with Crippen LogP contribution in [0.1, 0.15) is 11.3 Å². The molecule has 15 heavy (non-hydrogen) atoms. The summed E-state index contributed by atoms with van der Waals surface area (Å²) in [5, 5.41) is 0.285. The van der Waals surface area contributed by atoms with E-state index in [0.29, 0.717) is 18.2 Å². The maximum Gasteiger partial charge on any atom is 0.220 e. The van der Waals surface area contributed by atoms with Gasteiger partial charge in [-0.1, -0.05) is 0 Å². The van der Waals surface area contributed by atoms with Crippen molar-refractivity contribution in [2.45, 2.75) is 19.0 Å². The van der Waals surface area contributed by atoms with E-state index < -0.39 is 10.8 Å². The number of aromatic nitrogens is 2. The van der Waals surface area contributed by atoms with Crippen LogP contribution in [0.3, 0.4) is 0 Å². The van der Waals surface area contributed by atoms with E-state index in [0.717, 1.165) is 11.3 Å². The number of hydrogen-bond acceptors (Lipinski definition) is 5. The first-order valence-electron chi connectivity index (χ1n) is 4.54. The molecule has 1 aromatic rings. The molecule has 1 unspecified atom stereocenters. The van der Waals surface area contributed by atoms with Crippen LogP contribution in [0.5, 0.6) is 0 Å². The lowest BCUT2D eigenvalue weighted by Gasteiger charge is -2.06. The van der Waals surface area contributed by atoms with Gasteiger partial charge in [0.25, 0.3) is 0 Å². The lowest BCUT2D eigenvalue weighted by atomic mass is 10.2. The summed E-state index contributed by atoms with van der Waals surface area (Å²) in [4.78, 5) is 8.14. The van der Waals surface area contributed by atoms with Crippen LogP contribution < -0.4 is 5.73 Å². The maximum atomic E-state index is 11.7. The predicted octanol–water partition coefficient (Wildman–Crippen LogP) is 0.430. The van der Waals surface area contributed by atoms with Crippen LogP contribution in [0.15, 0.2) is 5.16 Å². The molecule has 1 heterocycles. The van der Waals surface area contributed by atoms with Gasteiger partial charge in [0.2, 0.25) is 5.16 Å². The fourth-order valence-electron chi connectivity index (χ4n) is 0.977. The monoisotopic (exact) mass is 229 g/mol. The van der Waals surface area contributed by atoms with E-state index in [2.05, 4.69) is 9.97 Å². The Morgan fingerprint density at radius 1 is 1.40 bits per heavy atom. The van der Waals surface area contributed by atoms with Crippen molar-refractivity contribution in [3.05, 3.63) is 11.3 Å². The molecule has 5 nitrogen and oxygen atoms in total. The molecule has 0 aromatic carbocycles. The lowest BCUT2D eigenvalue weighted by Crippen LogP contribution is -2.11. The molecule has 0 aliphatic carbocycles. The first-order valence-corrected chi connectivity index (χ1v) is 5.86. The minimum Gasteiger partial charge on any atom is -0.384 e. The topological polar surface area (TPSA) is 78.1 Å². The predicted molar refractivity (Wildman–Crippen MR) is 59.1 cm³/mol. The minimum atomic E-state index is -1.24. The Morgan fingerprint density at radius 3 is 2.60 bits per heavy atom. The SMILES string of the molecule is COCCS(=O)c1nc(C)c(C)c(N)n1. The van der Waals surface area contributed by atoms with Gasteiger partial charge < -0.3 is 10.5 Å². The summed E-state index contributed by atoms with van der Waals surface area (Å²) in [6.07, 6.45) is 0. The molecule has 0 fully saturated rings. The van der Waals surface area contributed by atoms with Crippen LogP contribution >= 0.6 is 0 Å². The molecule has 0 saturated carbocycles. The maximum absolute atomic E-state index is 11.7. The van der Waals surface area contributed by atoms with Crippen molar-refractivity contribution in [1.82, 2.24) is 9.97 Å². The van der Waals surface area contributed by atoms with Gasteiger partial charge in [0.1, 0.15) is 5.82 Å². The van der Waals surface area contributed by atoms with Crippen LogP contribution in [0.2, 0.25) is 0 Å². The first-order chi connectivity index (χ1) is 7.06. The number of rotatable bonds is 4. The van der Waals surface area contributed by atoms with E-state index in [-0.39, 0.29) is 5.16 Å². The summed E-state index contributed by atoms with van der Waals surface area (Å²) < 4.78 is 16.5. The van der Waals surface area contributed by atoms with Crippen molar-refractivity contribution >= 4 is 16.6 Å². The van der Waals surface area contributed by atoms with Crippen molar-refractivity contribution in [3.8, 4) is 0 Å². The average molecular weight is 229 g/mol. The van der Waals surface area contributed by atoms with E-state index in [9.17, 15) is 4.21 Å². The number of nitrogens with zero attached hydrogens (tertiary/aromatic N) is 2. The number of aryl methyl sites for hydroxylation is 1. The summed E-state index contributed by atoms with van der Waals surface area (Å²) >= 11 is 0. The number of ether oxygens (including phenoxy) is 1. The van der Waals surface area contributed by atoms with Gasteiger partial charge in [-0.25, -0.2) is 9.97 Å². The van der Waals surface area contributed by atoms with Gasteiger partial charge >= 0.3 is 0 Å². The molecule has 0 radical (unpaired) electrons. The van der Waals surface area contributed by atoms with Gasteiger partial charge in [0, 0.05) is 18.4 Å². The zero-order valence-electron chi connectivity index (χ0n) is 9.11. The lowest BCUT2D eigenvalue weighted by molar-refractivity contribution is 0.218. The number of nitrogens with two attached hydrogens (primary N) is 1. The van der Waals surface area contributed by atoms with Crippen LogP contribution in [-0.4, -0.2) is 33.6 Å². The summed E-state index contributed by atoms with van der Waals surface area (Å²) in [6, 6.07) is 0. The molecule has 1 aromatic heterocycles. The second kappa shape index (κ2) is 5.18. The van der Waals surface area contributed by atoms with Gasteiger partial charge in [-0.2, -0.15) is 0 Å². The van der Waals surface area contributed by atoms with Gasteiger partial charge in [-0.3, -0.25) is 4.21 Å². The molecular weight excluding hydrogens is 214 g/mol. The molecule has 0 amide bonds. The van der Waals surface area contributed by atoms with Crippen LogP contribution in [0.4, 0.5) is 5.82 Å². The molecular formula is C9H15N3O2S. The highest BCUT2D eigenvalue weighted by molar-refractivity contribution is 7.84. The molecule has 84 valence electrons. The van der Waals surface area contributed by atoms with E-state index in [1.807, 2.05) is 13.8 Å². The van der Waals surface area contributed by atoms with Gasteiger partial charge in [0.05, 0.1) is 23.2 Å². The van der Waals surface area contributed by atoms with E-state index >= 15 is 0 Å². The molecule has 0 saturated heterocycles. The van der Waals surface area contributed by atoms with Gasteiger partial charge in [-0.15, -0.1) is 0 Å². The fraction of sp³-hybridized carbons (Fsp3) is 0.556. The van der Waals surface area contributed by atoms with E-state index in [1.165, 1.54) is 0 Å². The second-order valence-corrected chi connectivity index (χ2v) is 4.61. The molecule has 0 aliphatic rings. The quantitative estimate of drug-likeness (QED) is 0.757. The van der Waals surface area contributed by atoms with Crippen molar-refractivity contribution in [2.24, 2.45) is 0 Å². The highest BCUT2D eigenvalue weighted by Gasteiger charge is 2.11. The molecule has 2 N–H and O–H groups in total. The fourth-order valence-corrected chi connectivity index (χ4v) is 1.92. The largest absolute Gasteiger partial charge is 0.384 e. The van der Waals surface area contributed by atoms with Crippen molar-refractivity contribution in [1.29, 1.82) is 0 Å². The third-order valence-electron chi connectivity index (χ3n) is 2.08. The normalized spacial score (nSPS) is 12.7. The number of nitrogen functional groups attached to an aromatic ring is 1. The summed E-state index contributed by atoms with van der Waals surface area (Å²) in [7, 11) is 0.323.